The third kappa shape index (κ3) is 2.16. The van der Waals surface area contributed by atoms with Crippen LogP contribution in [0.25, 0.3) is 0 Å². The van der Waals surface area contributed by atoms with Gasteiger partial charge in [-0.05, 0) is 18.9 Å². The van der Waals surface area contributed by atoms with Crippen LogP contribution in [0.3, 0.4) is 0 Å². The van der Waals surface area contributed by atoms with E-state index in [1.807, 2.05) is 0 Å². The molecule has 0 saturated carbocycles. The molecule has 1 unspecified atom stereocenters. The van der Waals surface area contributed by atoms with Crippen LogP contribution < -0.4 is 5.73 Å². The first kappa shape index (κ1) is 8.90. The lowest BCUT2D eigenvalue weighted by Crippen LogP contribution is -2.19. The van der Waals surface area contributed by atoms with Gasteiger partial charge in [0.15, 0.2) is 0 Å². The van der Waals surface area contributed by atoms with Gasteiger partial charge in [0.05, 0.1) is 6.54 Å². The van der Waals surface area contributed by atoms with Gasteiger partial charge < -0.3 is 5.73 Å². The lowest BCUT2D eigenvalue weighted by atomic mass is 10.2. The Hall–Kier alpha value is -0.680. The Morgan fingerprint density at radius 1 is 1.62 bits per heavy atom. The summed E-state index contributed by atoms with van der Waals surface area (Å²) in [7, 11) is 0. The second-order valence-corrected chi connectivity index (χ2v) is 4.76. The summed E-state index contributed by atoms with van der Waals surface area (Å²) in [6, 6.07) is 0. The van der Waals surface area contributed by atoms with Crippen molar-refractivity contribution in [1.82, 2.24) is 15.1 Å². The Morgan fingerprint density at radius 2 is 2.46 bits per heavy atom. The SMILES string of the molecule is CC1CCN(Cc2nnc(N)s2)C1. The van der Waals surface area contributed by atoms with Crippen molar-refractivity contribution in [2.75, 3.05) is 18.8 Å². The minimum atomic E-state index is 0.572. The normalized spacial score (nSPS) is 23.9. The lowest BCUT2D eigenvalue weighted by Gasteiger charge is -2.11. The fourth-order valence-corrected chi connectivity index (χ4v) is 2.34. The molecule has 1 aliphatic rings. The summed E-state index contributed by atoms with van der Waals surface area (Å²) in [5, 5.41) is 9.41. The largest absolute Gasteiger partial charge is 0.374 e. The highest BCUT2D eigenvalue weighted by Crippen LogP contribution is 2.19. The van der Waals surface area contributed by atoms with Gasteiger partial charge >= 0.3 is 0 Å². The number of hydrogen-bond donors (Lipinski definition) is 1. The van der Waals surface area contributed by atoms with Gasteiger partial charge in [-0.15, -0.1) is 10.2 Å². The fourth-order valence-electron chi connectivity index (χ4n) is 1.69. The minimum Gasteiger partial charge on any atom is -0.374 e. The van der Waals surface area contributed by atoms with E-state index in [0.717, 1.165) is 17.5 Å². The van der Waals surface area contributed by atoms with E-state index in [9.17, 15) is 0 Å². The Bertz CT molecular complexity index is 285. The molecule has 2 rings (SSSR count). The summed E-state index contributed by atoms with van der Waals surface area (Å²) < 4.78 is 0. The van der Waals surface area contributed by atoms with E-state index in [2.05, 4.69) is 22.0 Å². The van der Waals surface area contributed by atoms with Gasteiger partial charge in [0.2, 0.25) is 5.13 Å². The Kier molecular flexibility index (Phi) is 2.46. The molecule has 1 aromatic rings. The highest BCUT2D eigenvalue weighted by Gasteiger charge is 2.19. The predicted octanol–water partition coefficient (Wildman–Crippen LogP) is 0.962. The predicted molar refractivity (Wildman–Crippen MR) is 53.4 cm³/mol. The molecule has 4 nitrogen and oxygen atoms in total. The standard InChI is InChI=1S/C8H14N4S/c1-6-2-3-12(4-6)5-7-10-11-8(9)13-7/h6H,2-5H2,1H3,(H2,9,11). The number of aromatic nitrogens is 2. The summed E-state index contributed by atoms with van der Waals surface area (Å²) in [6.45, 7) is 5.56. The van der Waals surface area contributed by atoms with Crippen molar-refractivity contribution in [2.24, 2.45) is 5.92 Å². The molecule has 1 fully saturated rings. The van der Waals surface area contributed by atoms with E-state index in [1.165, 1.54) is 30.8 Å². The van der Waals surface area contributed by atoms with Crippen LogP contribution in [0.1, 0.15) is 18.4 Å². The first-order valence-corrected chi connectivity index (χ1v) is 5.36. The molecule has 0 amide bonds. The molecule has 1 atom stereocenters. The zero-order chi connectivity index (χ0) is 9.26. The van der Waals surface area contributed by atoms with E-state index in [4.69, 9.17) is 5.73 Å². The van der Waals surface area contributed by atoms with Crippen LogP contribution in [0, 0.1) is 5.92 Å². The number of rotatable bonds is 2. The van der Waals surface area contributed by atoms with E-state index < -0.39 is 0 Å². The van der Waals surface area contributed by atoms with E-state index in [1.54, 1.807) is 0 Å². The summed E-state index contributed by atoms with van der Waals surface area (Å²) in [4.78, 5) is 2.41. The maximum Gasteiger partial charge on any atom is 0.203 e. The van der Waals surface area contributed by atoms with Crippen molar-refractivity contribution < 1.29 is 0 Å². The van der Waals surface area contributed by atoms with Gasteiger partial charge in [0.25, 0.3) is 0 Å². The minimum absolute atomic E-state index is 0.572. The van der Waals surface area contributed by atoms with Crippen molar-refractivity contribution in [3.63, 3.8) is 0 Å². The molecule has 1 aliphatic heterocycles. The number of nitrogens with two attached hydrogens (primary N) is 1. The summed E-state index contributed by atoms with van der Waals surface area (Å²) in [6.07, 6.45) is 1.30. The highest BCUT2D eigenvalue weighted by molar-refractivity contribution is 7.15. The van der Waals surface area contributed by atoms with Crippen molar-refractivity contribution in [1.29, 1.82) is 0 Å². The van der Waals surface area contributed by atoms with Crippen LogP contribution in [0.4, 0.5) is 5.13 Å². The molecule has 1 aromatic heterocycles. The number of nitrogens with zero attached hydrogens (tertiary/aromatic N) is 3. The average molecular weight is 198 g/mol. The molecule has 0 bridgehead atoms. The monoisotopic (exact) mass is 198 g/mol. The van der Waals surface area contributed by atoms with Gasteiger partial charge in [-0.1, -0.05) is 18.3 Å². The quantitative estimate of drug-likeness (QED) is 0.769. The van der Waals surface area contributed by atoms with Gasteiger partial charge in [-0.25, -0.2) is 0 Å². The molecule has 0 aliphatic carbocycles. The topological polar surface area (TPSA) is 55.0 Å². The molecule has 0 spiro atoms. The van der Waals surface area contributed by atoms with E-state index in [-0.39, 0.29) is 0 Å². The van der Waals surface area contributed by atoms with Crippen molar-refractivity contribution in [3.8, 4) is 0 Å². The third-order valence-corrected chi connectivity index (χ3v) is 3.09. The molecular formula is C8H14N4S. The molecule has 13 heavy (non-hydrogen) atoms. The molecule has 2 N–H and O–H groups in total. The summed E-state index contributed by atoms with van der Waals surface area (Å²) >= 11 is 1.49. The zero-order valence-corrected chi connectivity index (χ0v) is 8.55. The molecule has 72 valence electrons. The molecule has 0 aromatic carbocycles. The summed E-state index contributed by atoms with van der Waals surface area (Å²) in [5.41, 5.74) is 5.51. The maximum atomic E-state index is 5.51. The second-order valence-electron chi connectivity index (χ2n) is 3.66. The van der Waals surface area contributed by atoms with Gasteiger partial charge in [-0.3, -0.25) is 4.90 Å². The van der Waals surface area contributed by atoms with Crippen molar-refractivity contribution >= 4 is 16.5 Å². The van der Waals surface area contributed by atoms with Crippen LogP contribution in [0.5, 0.6) is 0 Å². The van der Waals surface area contributed by atoms with Crippen LogP contribution in [0.2, 0.25) is 0 Å². The first-order chi connectivity index (χ1) is 6.24. The van der Waals surface area contributed by atoms with Crippen LogP contribution in [0.15, 0.2) is 0 Å². The molecule has 1 saturated heterocycles. The maximum absolute atomic E-state index is 5.51. The number of likely N-dealkylation sites (tertiary alicyclic amines) is 1. The van der Waals surface area contributed by atoms with Crippen LogP contribution in [-0.2, 0) is 6.54 Å². The molecule has 0 radical (unpaired) electrons. The lowest BCUT2D eigenvalue weighted by molar-refractivity contribution is 0.319. The third-order valence-electron chi connectivity index (χ3n) is 2.35. The Labute approximate surface area is 81.8 Å². The highest BCUT2D eigenvalue weighted by atomic mass is 32.1. The van der Waals surface area contributed by atoms with E-state index >= 15 is 0 Å². The zero-order valence-electron chi connectivity index (χ0n) is 7.73. The summed E-state index contributed by atoms with van der Waals surface area (Å²) in [5.74, 6) is 0.824. The fraction of sp³-hybridized carbons (Fsp3) is 0.750. The van der Waals surface area contributed by atoms with Gasteiger partial charge in [-0.2, -0.15) is 0 Å². The Balaban J connectivity index is 1.91. The molecular weight excluding hydrogens is 184 g/mol. The number of hydrogen-bond acceptors (Lipinski definition) is 5. The average Bonchev–Trinajstić information content (AvgIpc) is 2.62. The first-order valence-electron chi connectivity index (χ1n) is 4.54. The van der Waals surface area contributed by atoms with Gasteiger partial charge in [0.1, 0.15) is 5.01 Å². The van der Waals surface area contributed by atoms with Crippen LogP contribution in [-0.4, -0.2) is 28.2 Å². The second kappa shape index (κ2) is 3.59. The molecule has 5 heteroatoms. The van der Waals surface area contributed by atoms with Crippen molar-refractivity contribution in [2.45, 2.75) is 19.9 Å². The van der Waals surface area contributed by atoms with E-state index in [0.29, 0.717) is 5.13 Å². The number of anilines is 1. The van der Waals surface area contributed by atoms with Crippen LogP contribution >= 0.6 is 11.3 Å². The smallest absolute Gasteiger partial charge is 0.203 e. The Morgan fingerprint density at radius 3 is 3.00 bits per heavy atom. The van der Waals surface area contributed by atoms with Crippen molar-refractivity contribution in [3.05, 3.63) is 5.01 Å². The molecule has 2 heterocycles. The number of nitrogen functional groups attached to an aromatic ring is 1. The van der Waals surface area contributed by atoms with Gasteiger partial charge in [0, 0.05) is 6.54 Å².